The van der Waals surface area contributed by atoms with E-state index in [2.05, 4.69) is 4.52 Å². The van der Waals surface area contributed by atoms with E-state index in [1.54, 1.807) is 0 Å². The van der Waals surface area contributed by atoms with Crippen LogP contribution in [0.3, 0.4) is 0 Å². The van der Waals surface area contributed by atoms with E-state index in [1.165, 1.54) is 70.6 Å². The van der Waals surface area contributed by atoms with Crippen LogP contribution in [-0.2, 0) is 13.9 Å². The van der Waals surface area contributed by atoms with E-state index in [0.29, 0.717) is 6.42 Å². The first kappa shape index (κ1) is 33.7. The van der Waals surface area contributed by atoms with Crippen LogP contribution in [-0.4, -0.2) is 12.9 Å². The SMILES string of the molecule is O=CCCCCCCCCCCCCCCCCCOP(=O)([O-])[O-].[K+].[K+]. The molecule has 0 aromatic rings. The third-order valence-corrected chi connectivity index (χ3v) is 4.71. The first-order chi connectivity index (χ1) is 11.6. The van der Waals surface area contributed by atoms with E-state index in [-0.39, 0.29) is 109 Å². The summed E-state index contributed by atoms with van der Waals surface area (Å²) in [5.74, 6) is 0. The first-order valence-electron chi connectivity index (χ1n) is 9.66. The van der Waals surface area contributed by atoms with Crippen LogP contribution in [0.2, 0.25) is 0 Å². The van der Waals surface area contributed by atoms with Crippen molar-refractivity contribution >= 4 is 14.1 Å². The van der Waals surface area contributed by atoms with Gasteiger partial charge in [0, 0.05) is 6.42 Å². The van der Waals surface area contributed by atoms with Crippen LogP contribution in [0.25, 0.3) is 0 Å². The molecule has 0 heterocycles. The fourth-order valence-corrected chi connectivity index (χ4v) is 3.16. The van der Waals surface area contributed by atoms with Gasteiger partial charge >= 0.3 is 103 Å². The van der Waals surface area contributed by atoms with Gasteiger partial charge in [-0.25, -0.2) is 0 Å². The molecule has 0 N–H and O–H groups in total. The fourth-order valence-electron chi connectivity index (χ4n) is 2.80. The zero-order valence-corrected chi connectivity index (χ0v) is 24.2. The number of hydrogen-bond acceptors (Lipinski definition) is 5. The van der Waals surface area contributed by atoms with Gasteiger partial charge in [-0.05, 0) is 12.8 Å². The van der Waals surface area contributed by atoms with E-state index in [9.17, 15) is 19.1 Å². The van der Waals surface area contributed by atoms with Crippen molar-refractivity contribution in [3.05, 3.63) is 0 Å². The summed E-state index contributed by atoms with van der Waals surface area (Å²) in [6, 6.07) is 0. The summed E-state index contributed by atoms with van der Waals surface area (Å²) in [7, 11) is -4.77. The first-order valence-corrected chi connectivity index (χ1v) is 11.1. The third-order valence-electron chi connectivity index (χ3n) is 4.22. The van der Waals surface area contributed by atoms with E-state index >= 15 is 0 Å². The Morgan fingerprint density at radius 1 is 0.615 bits per heavy atom. The molecule has 0 spiro atoms. The molecule has 0 saturated heterocycles. The molecular formula is C18H35K2O5P. The Hall–Kier alpha value is 3.05. The summed E-state index contributed by atoms with van der Waals surface area (Å²) in [6.45, 7) is 0.0291. The summed E-state index contributed by atoms with van der Waals surface area (Å²) in [5, 5.41) is 0. The second-order valence-corrected chi connectivity index (χ2v) is 7.69. The quantitative estimate of drug-likeness (QED) is 0.103. The fraction of sp³-hybridized carbons (Fsp3) is 0.944. The van der Waals surface area contributed by atoms with Crippen molar-refractivity contribution in [1.82, 2.24) is 0 Å². The minimum atomic E-state index is -4.77. The molecule has 0 fully saturated rings. The molecule has 0 aromatic heterocycles. The van der Waals surface area contributed by atoms with Gasteiger partial charge < -0.3 is 23.7 Å². The van der Waals surface area contributed by atoms with Crippen LogP contribution < -0.4 is 113 Å². The van der Waals surface area contributed by atoms with Gasteiger partial charge in [-0.15, -0.1) is 0 Å². The molecule has 0 saturated carbocycles. The van der Waals surface area contributed by atoms with Crippen LogP contribution in [0.5, 0.6) is 0 Å². The van der Waals surface area contributed by atoms with Crippen LogP contribution >= 0.6 is 7.82 Å². The van der Waals surface area contributed by atoms with Gasteiger partial charge in [-0.2, -0.15) is 0 Å². The third kappa shape index (κ3) is 31.7. The van der Waals surface area contributed by atoms with Crippen molar-refractivity contribution in [1.29, 1.82) is 0 Å². The van der Waals surface area contributed by atoms with Crippen LogP contribution in [0.15, 0.2) is 0 Å². The number of aldehydes is 1. The normalized spacial score (nSPS) is 10.8. The van der Waals surface area contributed by atoms with E-state index in [1.807, 2.05) is 0 Å². The average molecular weight is 441 g/mol. The van der Waals surface area contributed by atoms with Crippen molar-refractivity contribution in [2.24, 2.45) is 0 Å². The van der Waals surface area contributed by atoms with E-state index in [0.717, 1.165) is 32.0 Å². The number of unbranched alkanes of at least 4 members (excludes halogenated alkanes) is 15. The second-order valence-electron chi connectivity index (χ2n) is 6.54. The minimum absolute atomic E-state index is 0. The molecular weight excluding hydrogens is 405 g/mol. The average Bonchev–Trinajstić information content (AvgIpc) is 2.52. The Labute approximate surface area is 245 Å². The molecule has 5 nitrogen and oxygen atoms in total. The summed E-state index contributed by atoms with van der Waals surface area (Å²) in [4.78, 5) is 30.6. The van der Waals surface area contributed by atoms with Gasteiger partial charge in [-0.1, -0.05) is 83.5 Å². The number of carbonyl (C=O) groups excluding carboxylic acids is 1. The topological polar surface area (TPSA) is 89.5 Å². The van der Waals surface area contributed by atoms with Crippen molar-refractivity contribution < 1.29 is 126 Å². The Bertz CT molecular complexity index is 327. The summed E-state index contributed by atoms with van der Waals surface area (Å²) in [5.41, 5.74) is 0. The number of carbonyl (C=O) groups is 1. The number of phosphoric acid groups is 1. The molecule has 0 bridgehead atoms. The summed E-state index contributed by atoms with van der Waals surface area (Å²) >= 11 is 0. The Balaban J connectivity index is -0.00000264. The molecule has 0 atom stereocenters. The number of phosphoric ester groups is 1. The standard InChI is InChI=1S/C18H37O5P.2K/c19-17-15-13-11-9-7-5-3-1-2-4-6-8-10-12-14-16-18-23-24(20,21)22;;/h17H,1-16,18H2,(H2,20,21,22);;/q;2*+1/p-2. The van der Waals surface area contributed by atoms with Gasteiger partial charge in [-0.3, -0.25) is 0 Å². The zero-order valence-electron chi connectivity index (χ0n) is 17.1. The maximum Gasteiger partial charge on any atom is 1.00 e. The van der Waals surface area contributed by atoms with E-state index in [4.69, 9.17) is 0 Å². The molecule has 26 heavy (non-hydrogen) atoms. The minimum Gasteiger partial charge on any atom is -0.790 e. The molecule has 8 heteroatoms. The molecule has 0 radical (unpaired) electrons. The largest absolute Gasteiger partial charge is 1.00 e. The molecule has 0 aliphatic rings. The van der Waals surface area contributed by atoms with Gasteiger partial charge in [0.2, 0.25) is 0 Å². The molecule has 0 unspecified atom stereocenters. The van der Waals surface area contributed by atoms with Crippen LogP contribution in [0.4, 0.5) is 0 Å². The molecule has 144 valence electrons. The van der Waals surface area contributed by atoms with Gasteiger partial charge in [0.05, 0.1) is 14.4 Å². The predicted molar refractivity (Wildman–Crippen MR) is 93.5 cm³/mol. The molecule has 0 rings (SSSR count). The van der Waals surface area contributed by atoms with Crippen molar-refractivity contribution in [3.63, 3.8) is 0 Å². The van der Waals surface area contributed by atoms with Crippen LogP contribution in [0, 0.1) is 0 Å². The van der Waals surface area contributed by atoms with E-state index < -0.39 is 7.82 Å². The van der Waals surface area contributed by atoms with Gasteiger partial charge in [0.1, 0.15) is 6.29 Å². The maximum absolute atomic E-state index is 10.2. The number of rotatable bonds is 19. The maximum atomic E-state index is 10.2. The Kier molecular flexibility index (Phi) is 33.8. The van der Waals surface area contributed by atoms with Crippen LogP contribution in [0.1, 0.15) is 103 Å². The molecule has 0 aliphatic carbocycles. The van der Waals surface area contributed by atoms with Crippen molar-refractivity contribution in [3.8, 4) is 0 Å². The second kappa shape index (κ2) is 26.1. The monoisotopic (exact) mass is 440 g/mol. The summed E-state index contributed by atoms with van der Waals surface area (Å²) in [6.07, 6.45) is 19.5. The predicted octanol–water partition coefficient (Wildman–Crippen LogP) is -1.72. The summed E-state index contributed by atoms with van der Waals surface area (Å²) < 4.78 is 14.4. The smallest absolute Gasteiger partial charge is 0.790 e. The molecule has 0 aliphatic heterocycles. The zero-order chi connectivity index (χ0) is 17.9. The Morgan fingerprint density at radius 2 is 0.923 bits per heavy atom. The van der Waals surface area contributed by atoms with Gasteiger partial charge in [0.25, 0.3) is 0 Å². The Morgan fingerprint density at radius 3 is 1.23 bits per heavy atom. The van der Waals surface area contributed by atoms with Crippen molar-refractivity contribution in [2.45, 2.75) is 103 Å². The molecule has 0 aromatic carbocycles. The van der Waals surface area contributed by atoms with Gasteiger partial charge in [0.15, 0.2) is 0 Å². The molecule has 0 amide bonds. The number of hydrogen-bond donors (Lipinski definition) is 0. The van der Waals surface area contributed by atoms with Crippen molar-refractivity contribution in [2.75, 3.05) is 6.61 Å².